The predicted molar refractivity (Wildman–Crippen MR) is 124 cm³/mol. The van der Waals surface area contributed by atoms with Crippen LogP contribution in [0, 0.1) is 0 Å². The van der Waals surface area contributed by atoms with Gasteiger partial charge in [0, 0.05) is 22.6 Å². The summed E-state index contributed by atoms with van der Waals surface area (Å²) in [4.78, 5) is 3.57. The molecule has 0 aliphatic rings. The molecule has 0 heterocycles. The van der Waals surface area contributed by atoms with Crippen molar-refractivity contribution < 1.29 is 52.7 Å². The van der Waals surface area contributed by atoms with Gasteiger partial charge in [0.15, 0.2) is 0 Å². The average Bonchev–Trinajstić information content (AvgIpc) is 2.81. The van der Waals surface area contributed by atoms with Gasteiger partial charge in [0.25, 0.3) is 0 Å². The Morgan fingerprint density at radius 2 is 1.00 bits per heavy atom. The molecule has 2 nitrogen and oxygen atoms in total. The Morgan fingerprint density at radius 3 is 1.40 bits per heavy atom. The molecule has 3 aromatic carbocycles. The first-order valence-electron chi connectivity index (χ1n) is 10.6. The number of rotatable bonds is 5. The molecule has 40 heavy (non-hydrogen) atoms. The SMILES string of the molecule is FC(F)(F)c1cc(N=CC=C(Nc2cc(C(F)(F)F)cc(C(F)(F)F)c2)c2ccc(Cl)cc2)cc(C(F)(F)F)c1. The fraction of sp³-hybridized carbons (Fsp3) is 0.160. The molecule has 0 amide bonds. The Hall–Kier alpha value is -3.68. The Balaban J connectivity index is 2.10. The second kappa shape index (κ2) is 11.1. The molecule has 0 bridgehead atoms. The molecule has 3 rings (SSSR count). The quantitative estimate of drug-likeness (QED) is 0.227. The van der Waals surface area contributed by atoms with Gasteiger partial charge in [0.05, 0.1) is 27.9 Å². The number of aliphatic imine (C=N–C) groups is 1. The number of allylic oxidation sites excluding steroid dienone is 1. The average molecular weight is 605 g/mol. The summed E-state index contributed by atoms with van der Waals surface area (Å²) in [6.45, 7) is 0. The van der Waals surface area contributed by atoms with E-state index in [1.165, 1.54) is 24.3 Å². The normalized spacial score (nSPS) is 13.7. The Labute approximate surface area is 222 Å². The zero-order valence-corrected chi connectivity index (χ0v) is 20.0. The maximum atomic E-state index is 13.3. The molecule has 0 aromatic heterocycles. The minimum Gasteiger partial charge on any atom is -0.355 e. The van der Waals surface area contributed by atoms with Crippen LogP contribution in [-0.2, 0) is 24.7 Å². The Bertz CT molecular complexity index is 1350. The molecule has 15 heteroatoms. The molecule has 0 unspecified atom stereocenters. The molecule has 0 radical (unpaired) electrons. The number of halogens is 13. The van der Waals surface area contributed by atoms with Crippen LogP contribution in [0.2, 0.25) is 5.02 Å². The number of hydrogen-bond acceptors (Lipinski definition) is 2. The fourth-order valence-electron chi connectivity index (χ4n) is 3.23. The van der Waals surface area contributed by atoms with Crippen molar-refractivity contribution in [2.24, 2.45) is 4.99 Å². The van der Waals surface area contributed by atoms with Crippen LogP contribution in [-0.4, -0.2) is 6.21 Å². The Morgan fingerprint density at radius 1 is 0.600 bits per heavy atom. The van der Waals surface area contributed by atoms with Crippen molar-refractivity contribution in [3.63, 3.8) is 0 Å². The van der Waals surface area contributed by atoms with Gasteiger partial charge >= 0.3 is 24.7 Å². The second-order valence-electron chi connectivity index (χ2n) is 8.05. The number of anilines is 1. The van der Waals surface area contributed by atoms with Gasteiger partial charge in [-0.2, -0.15) is 52.7 Å². The van der Waals surface area contributed by atoms with Crippen LogP contribution in [0.25, 0.3) is 5.70 Å². The first-order chi connectivity index (χ1) is 18.2. The summed E-state index contributed by atoms with van der Waals surface area (Å²) in [5, 5.41) is 2.57. The first kappa shape index (κ1) is 30.9. The molecule has 214 valence electrons. The summed E-state index contributed by atoms with van der Waals surface area (Å²) < 4.78 is 158. The summed E-state index contributed by atoms with van der Waals surface area (Å²) in [5.41, 5.74) is -8.06. The highest BCUT2D eigenvalue weighted by Gasteiger charge is 2.38. The van der Waals surface area contributed by atoms with Crippen molar-refractivity contribution in [1.29, 1.82) is 0 Å². The molecule has 0 fully saturated rings. The van der Waals surface area contributed by atoms with E-state index in [1.54, 1.807) is 0 Å². The third-order valence-corrected chi connectivity index (χ3v) is 5.31. The van der Waals surface area contributed by atoms with Crippen LogP contribution in [0.1, 0.15) is 27.8 Å². The fourth-order valence-corrected chi connectivity index (χ4v) is 3.36. The zero-order chi connectivity index (χ0) is 30.1. The van der Waals surface area contributed by atoms with Gasteiger partial charge in [-0.25, -0.2) is 0 Å². The van der Waals surface area contributed by atoms with Gasteiger partial charge in [-0.05, 0) is 60.2 Å². The van der Waals surface area contributed by atoms with Gasteiger partial charge in [-0.3, -0.25) is 4.99 Å². The van der Waals surface area contributed by atoms with Gasteiger partial charge < -0.3 is 5.32 Å². The van der Waals surface area contributed by atoms with E-state index in [0.29, 0.717) is 24.3 Å². The first-order valence-corrected chi connectivity index (χ1v) is 11.0. The Kier molecular flexibility index (Phi) is 8.53. The van der Waals surface area contributed by atoms with Crippen LogP contribution in [0.3, 0.4) is 0 Å². The molecule has 3 aromatic rings. The van der Waals surface area contributed by atoms with Crippen molar-refractivity contribution in [3.05, 3.63) is 99.6 Å². The lowest BCUT2D eigenvalue weighted by Crippen LogP contribution is -2.12. The number of nitrogens with one attached hydrogen (secondary N) is 1. The van der Waals surface area contributed by atoms with E-state index < -0.39 is 58.3 Å². The molecular weight excluding hydrogens is 592 g/mol. The highest BCUT2D eigenvalue weighted by atomic mass is 35.5. The van der Waals surface area contributed by atoms with Crippen molar-refractivity contribution >= 4 is 34.9 Å². The van der Waals surface area contributed by atoms with Gasteiger partial charge in [-0.15, -0.1) is 0 Å². The molecule has 0 saturated heterocycles. The van der Waals surface area contributed by atoms with Gasteiger partial charge in [0.1, 0.15) is 0 Å². The van der Waals surface area contributed by atoms with Crippen molar-refractivity contribution in [2.45, 2.75) is 24.7 Å². The van der Waals surface area contributed by atoms with Crippen molar-refractivity contribution in [3.8, 4) is 0 Å². The van der Waals surface area contributed by atoms with Crippen molar-refractivity contribution in [1.82, 2.24) is 0 Å². The van der Waals surface area contributed by atoms with E-state index in [0.717, 1.165) is 12.3 Å². The van der Waals surface area contributed by atoms with Crippen LogP contribution in [0.4, 0.5) is 64.1 Å². The zero-order valence-electron chi connectivity index (χ0n) is 19.3. The summed E-state index contributed by atoms with van der Waals surface area (Å²) >= 11 is 5.81. The van der Waals surface area contributed by atoms with E-state index >= 15 is 0 Å². The lowest BCUT2D eigenvalue weighted by Gasteiger charge is -2.17. The molecule has 0 aliphatic heterocycles. The molecule has 1 N–H and O–H groups in total. The smallest absolute Gasteiger partial charge is 0.355 e. The molecule has 0 aliphatic carbocycles. The summed E-state index contributed by atoms with van der Waals surface area (Å²) in [5.74, 6) is 0. The van der Waals surface area contributed by atoms with E-state index in [9.17, 15) is 52.7 Å². The summed E-state index contributed by atoms with van der Waals surface area (Å²) in [6.07, 6.45) is -18.9. The highest BCUT2D eigenvalue weighted by molar-refractivity contribution is 6.30. The monoisotopic (exact) mass is 604 g/mol. The van der Waals surface area contributed by atoms with Crippen LogP contribution in [0.5, 0.6) is 0 Å². The van der Waals surface area contributed by atoms with Gasteiger partial charge in [0.2, 0.25) is 0 Å². The molecule has 0 saturated carbocycles. The van der Waals surface area contributed by atoms with Crippen molar-refractivity contribution in [2.75, 3.05) is 5.32 Å². The standard InChI is InChI=1S/C25H13ClF12N2/c26-18-3-1-13(2-4-18)21(40-20-11-16(24(33,34)35)8-17(12-20)25(36,37)38)5-6-39-19-9-14(22(27,28)29)7-15(10-19)23(30,31)32/h1-12,40H. The van der Waals surface area contributed by atoms with Gasteiger partial charge in [-0.1, -0.05) is 23.7 Å². The summed E-state index contributed by atoms with van der Waals surface area (Å²) in [7, 11) is 0. The minimum atomic E-state index is -5.15. The topological polar surface area (TPSA) is 24.4 Å². The van der Waals surface area contributed by atoms with Crippen LogP contribution in [0.15, 0.2) is 71.7 Å². The third-order valence-electron chi connectivity index (χ3n) is 5.06. The van der Waals surface area contributed by atoms with E-state index in [2.05, 4.69) is 10.3 Å². The maximum Gasteiger partial charge on any atom is 0.416 e. The number of hydrogen-bond donors (Lipinski definition) is 1. The predicted octanol–water partition coefficient (Wildman–Crippen LogP) is 10.3. The molecular formula is C25H13ClF12N2. The number of benzene rings is 3. The molecule has 0 spiro atoms. The van der Waals surface area contributed by atoms with E-state index in [1.807, 2.05) is 0 Å². The second-order valence-corrected chi connectivity index (χ2v) is 8.49. The third kappa shape index (κ3) is 8.16. The van der Waals surface area contributed by atoms with Crippen LogP contribution < -0.4 is 5.32 Å². The number of nitrogens with zero attached hydrogens (tertiary/aromatic N) is 1. The van der Waals surface area contributed by atoms with Crippen LogP contribution >= 0.6 is 11.6 Å². The van der Waals surface area contributed by atoms with E-state index in [-0.39, 0.29) is 28.4 Å². The lowest BCUT2D eigenvalue weighted by atomic mass is 10.1. The largest absolute Gasteiger partial charge is 0.416 e. The summed E-state index contributed by atoms with van der Waals surface area (Å²) in [6, 6.07) is 6.48. The minimum absolute atomic E-state index is 0.0931. The highest BCUT2D eigenvalue weighted by Crippen LogP contribution is 2.39. The lowest BCUT2D eigenvalue weighted by molar-refractivity contribution is -0.144. The number of alkyl halides is 12. The molecule has 0 atom stereocenters. The van der Waals surface area contributed by atoms with E-state index in [4.69, 9.17) is 11.6 Å². The maximum absolute atomic E-state index is 13.3.